The SMILES string of the molecule is COCC(=O)Nc1ccccc1-c1nc2c(ccc3ccccc32)o1. The van der Waals surface area contributed by atoms with Crippen molar-refractivity contribution in [1.29, 1.82) is 0 Å². The first-order valence-corrected chi connectivity index (χ1v) is 7.93. The molecule has 5 nitrogen and oxygen atoms in total. The van der Waals surface area contributed by atoms with E-state index in [1.807, 2.05) is 60.7 Å². The number of para-hydroxylation sites is 1. The van der Waals surface area contributed by atoms with Crippen LogP contribution in [0.1, 0.15) is 0 Å². The Kier molecular flexibility index (Phi) is 3.91. The van der Waals surface area contributed by atoms with Crippen LogP contribution >= 0.6 is 0 Å². The van der Waals surface area contributed by atoms with Gasteiger partial charge in [-0.15, -0.1) is 0 Å². The number of nitrogens with one attached hydrogen (secondary N) is 1. The molecule has 0 aliphatic rings. The van der Waals surface area contributed by atoms with Crippen molar-refractivity contribution in [1.82, 2.24) is 4.98 Å². The topological polar surface area (TPSA) is 64.4 Å². The number of hydrogen-bond acceptors (Lipinski definition) is 4. The van der Waals surface area contributed by atoms with E-state index in [-0.39, 0.29) is 12.5 Å². The minimum atomic E-state index is -0.225. The van der Waals surface area contributed by atoms with Gasteiger partial charge in [-0.1, -0.05) is 42.5 Å². The van der Waals surface area contributed by atoms with Crippen LogP contribution in [0.4, 0.5) is 5.69 Å². The maximum absolute atomic E-state index is 11.9. The first kappa shape index (κ1) is 15.4. The highest BCUT2D eigenvalue weighted by Gasteiger charge is 2.15. The third-order valence-corrected chi connectivity index (χ3v) is 3.99. The first-order chi connectivity index (χ1) is 12.3. The van der Waals surface area contributed by atoms with Gasteiger partial charge in [-0.3, -0.25) is 4.79 Å². The van der Waals surface area contributed by atoms with E-state index in [2.05, 4.69) is 10.3 Å². The van der Waals surface area contributed by atoms with E-state index in [0.717, 1.165) is 21.9 Å². The number of anilines is 1. The second-order valence-electron chi connectivity index (χ2n) is 5.68. The summed E-state index contributed by atoms with van der Waals surface area (Å²) in [7, 11) is 1.48. The van der Waals surface area contributed by atoms with Crippen LogP contribution in [0.3, 0.4) is 0 Å². The fourth-order valence-electron chi connectivity index (χ4n) is 2.87. The standard InChI is InChI=1S/C20H16N2O3/c1-24-12-18(23)21-16-9-5-4-8-15(16)20-22-19-14-7-3-2-6-13(14)10-11-17(19)25-20/h2-11H,12H2,1H3,(H,21,23). The smallest absolute Gasteiger partial charge is 0.250 e. The lowest BCUT2D eigenvalue weighted by molar-refractivity contribution is -0.119. The lowest BCUT2D eigenvalue weighted by Gasteiger charge is -2.08. The Hall–Kier alpha value is -3.18. The van der Waals surface area contributed by atoms with E-state index in [9.17, 15) is 4.79 Å². The summed E-state index contributed by atoms with van der Waals surface area (Å²) in [5.41, 5.74) is 2.89. The van der Waals surface area contributed by atoms with Gasteiger partial charge < -0.3 is 14.5 Å². The third-order valence-electron chi connectivity index (χ3n) is 3.99. The molecule has 0 aliphatic carbocycles. The molecule has 25 heavy (non-hydrogen) atoms. The molecule has 1 amide bonds. The average molecular weight is 332 g/mol. The number of fused-ring (bicyclic) bond motifs is 3. The van der Waals surface area contributed by atoms with Gasteiger partial charge in [-0.2, -0.15) is 0 Å². The highest BCUT2D eigenvalue weighted by Crippen LogP contribution is 2.32. The summed E-state index contributed by atoms with van der Waals surface area (Å²) in [4.78, 5) is 16.5. The number of methoxy groups -OCH3 is 1. The van der Waals surface area contributed by atoms with Gasteiger partial charge in [0.2, 0.25) is 11.8 Å². The number of ether oxygens (including phenoxy) is 1. The summed E-state index contributed by atoms with van der Waals surface area (Å²) in [5.74, 6) is 0.246. The van der Waals surface area contributed by atoms with Crippen molar-refractivity contribution in [3.8, 4) is 11.5 Å². The minimum Gasteiger partial charge on any atom is -0.436 e. The molecule has 0 saturated heterocycles. The molecular formula is C20H16N2O3. The average Bonchev–Trinajstić information content (AvgIpc) is 3.07. The maximum atomic E-state index is 11.9. The van der Waals surface area contributed by atoms with E-state index >= 15 is 0 Å². The van der Waals surface area contributed by atoms with Crippen molar-refractivity contribution in [2.24, 2.45) is 0 Å². The van der Waals surface area contributed by atoms with Crippen LogP contribution < -0.4 is 5.32 Å². The number of amides is 1. The molecule has 1 N–H and O–H groups in total. The van der Waals surface area contributed by atoms with Gasteiger partial charge in [0.15, 0.2) is 5.58 Å². The number of benzene rings is 3. The molecule has 0 spiro atoms. The van der Waals surface area contributed by atoms with Crippen LogP contribution in [-0.4, -0.2) is 24.6 Å². The van der Waals surface area contributed by atoms with Crippen molar-refractivity contribution in [2.75, 3.05) is 19.0 Å². The van der Waals surface area contributed by atoms with Gasteiger partial charge in [0, 0.05) is 12.5 Å². The lowest BCUT2D eigenvalue weighted by Crippen LogP contribution is -2.17. The summed E-state index contributed by atoms with van der Waals surface area (Å²) in [5, 5.41) is 4.97. The quantitative estimate of drug-likeness (QED) is 0.607. The summed E-state index contributed by atoms with van der Waals surface area (Å²) < 4.78 is 10.8. The molecular weight excluding hydrogens is 316 g/mol. The Morgan fingerprint density at radius 1 is 1.08 bits per heavy atom. The molecule has 3 aromatic carbocycles. The zero-order valence-electron chi connectivity index (χ0n) is 13.7. The predicted octanol–water partition coefficient (Wildman–Crippen LogP) is 4.23. The third kappa shape index (κ3) is 2.86. The van der Waals surface area contributed by atoms with Gasteiger partial charge in [0.1, 0.15) is 12.1 Å². The second-order valence-corrected chi connectivity index (χ2v) is 5.68. The molecule has 4 rings (SSSR count). The number of oxazole rings is 1. The van der Waals surface area contributed by atoms with Crippen LogP contribution in [0.15, 0.2) is 65.1 Å². The Morgan fingerprint density at radius 2 is 1.88 bits per heavy atom. The van der Waals surface area contributed by atoms with E-state index in [1.165, 1.54) is 7.11 Å². The van der Waals surface area contributed by atoms with Crippen LogP contribution in [0.2, 0.25) is 0 Å². The molecule has 5 heteroatoms. The minimum absolute atomic E-state index is 0.00741. The van der Waals surface area contributed by atoms with Gasteiger partial charge >= 0.3 is 0 Å². The number of carbonyl (C=O) groups is 1. The molecule has 0 fully saturated rings. The van der Waals surface area contributed by atoms with E-state index in [0.29, 0.717) is 17.2 Å². The molecule has 1 aromatic heterocycles. The molecule has 0 aliphatic heterocycles. The summed E-state index contributed by atoms with van der Waals surface area (Å²) in [6.07, 6.45) is 0. The lowest BCUT2D eigenvalue weighted by atomic mass is 10.1. The maximum Gasteiger partial charge on any atom is 0.250 e. The molecule has 0 atom stereocenters. The number of hydrogen-bond donors (Lipinski definition) is 1. The Balaban J connectivity index is 1.82. The molecule has 0 bridgehead atoms. The first-order valence-electron chi connectivity index (χ1n) is 7.93. The normalized spacial score (nSPS) is 11.1. The van der Waals surface area contributed by atoms with Gasteiger partial charge in [0.05, 0.1) is 11.3 Å². The van der Waals surface area contributed by atoms with Gasteiger partial charge in [-0.05, 0) is 23.6 Å². The Morgan fingerprint density at radius 3 is 2.76 bits per heavy atom. The second kappa shape index (κ2) is 6.37. The monoisotopic (exact) mass is 332 g/mol. The zero-order chi connectivity index (χ0) is 17.2. The van der Waals surface area contributed by atoms with Crippen molar-refractivity contribution in [3.63, 3.8) is 0 Å². The highest BCUT2D eigenvalue weighted by molar-refractivity contribution is 6.04. The molecule has 4 aromatic rings. The highest BCUT2D eigenvalue weighted by atomic mass is 16.5. The predicted molar refractivity (Wildman–Crippen MR) is 97.5 cm³/mol. The number of nitrogens with zero attached hydrogens (tertiary/aromatic N) is 1. The van der Waals surface area contributed by atoms with E-state index in [1.54, 1.807) is 0 Å². The fourth-order valence-corrected chi connectivity index (χ4v) is 2.87. The Labute approximate surface area is 144 Å². The van der Waals surface area contributed by atoms with Crippen LogP contribution in [0.25, 0.3) is 33.3 Å². The van der Waals surface area contributed by atoms with Crippen LogP contribution in [0.5, 0.6) is 0 Å². The van der Waals surface area contributed by atoms with Crippen molar-refractivity contribution in [3.05, 3.63) is 60.7 Å². The summed E-state index contributed by atoms with van der Waals surface area (Å²) >= 11 is 0. The number of aromatic nitrogens is 1. The van der Waals surface area contributed by atoms with Crippen molar-refractivity contribution < 1.29 is 13.9 Å². The molecule has 0 radical (unpaired) electrons. The van der Waals surface area contributed by atoms with Gasteiger partial charge in [0.25, 0.3) is 0 Å². The van der Waals surface area contributed by atoms with E-state index in [4.69, 9.17) is 9.15 Å². The molecule has 0 unspecified atom stereocenters. The Bertz CT molecular complexity index is 1070. The molecule has 0 saturated carbocycles. The van der Waals surface area contributed by atoms with Crippen LogP contribution in [0, 0.1) is 0 Å². The largest absolute Gasteiger partial charge is 0.436 e. The molecule has 124 valence electrons. The van der Waals surface area contributed by atoms with Crippen molar-refractivity contribution in [2.45, 2.75) is 0 Å². The van der Waals surface area contributed by atoms with Crippen molar-refractivity contribution >= 4 is 33.5 Å². The van der Waals surface area contributed by atoms with E-state index < -0.39 is 0 Å². The fraction of sp³-hybridized carbons (Fsp3) is 0.100. The number of carbonyl (C=O) groups excluding carboxylic acids is 1. The zero-order valence-corrected chi connectivity index (χ0v) is 13.7. The van der Waals surface area contributed by atoms with Gasteiger partial charge in [-0.25, -0.2) is 4.98 Å². The van der Waals surface area contributed by atoms with Crippen LogP contribution in [-0.2, 0) is 9.53 Å². The molecule has 1 heterocycles. The summed E-state index contributed by atoms with van der Waals surface area (Å²) in [6, 6.07) is 19.4. The number of rotatable bonds is 4. The summed E-state index contributed by atoms with van der Waals surface area (Å²) in [6.45, 7) is -0.00741.